The normalized spacial score (nSPS) is 20.3. The van der Waals surface area contributed by atoms with E-state index in [1.807, 2.05) is 24.3 Å². The second-order valence-electron chi connectivity index (χ2n) is 11.2. The number of hydrogen-bond donors (Lipinski definition) is 0. The molecule has 228 valence electrons. The van der Waals surface area contributed by atoms with Gasteiger partial charge in [0.25, 0.3) is 5.91 Å². The number of anilines is 1. The number of carbonyl (C=O) groups excluding carboxylic acids is 1. The number of amides is 1. The van der Waals surface area contributed by atoms with Crippen LogP contribution in [0.15, 0.2) is 54.4 Å². The minimum atomic E-state index is -0.984. The first kappa shape index (κ1) is 29.3. The van der Waals surface area contributed by atoms with E-state index in [9.17, 15) is 13.6 Å². The average Bonchev–Trinajstić information content (AvgIpc) is 3.82. The number of benzene rings is 2. The van der Waals surface area contributed by atoms with Crippen molar-refractivity contribution < 1.29 is 13.6 Å². The molecular weight excluding hydrogens is 627 g/mol. The lowest BCUT2D eigenvalue weighted by atomic mass is 9.87. The molecule has 0 unspecified atom stereocenters. The van der Waals surface area contributed by atoms with E-state index in [0.717, 1.165) is 36.3 Å². The summed E-state index contributed by atoms with van der Waals surface area (Å²) in [5.41, 5.74) is 4.15. The lowest BCUT2D eigenvalue weighted by molar-refractivity contribution is -0.118. The summed E-state index contributed by atoms with van der Waals surface area (Å²) >= 11 is 15.0. The van der Waals surface area contributed by atoms with Gasteiger partial charge in [-0.25, -0.2) is 18.7 Å². The van der Waals surface area contributed by atoms with E-state index in [2.05, 4.69) is 21.8 Å². The van der Waals surface area contributed by atoms with Gasteiger partial charge >= 0.3 is 0 Å². The number of imidazole rings is 1. The van der Waals surface area contributed by atoms with Crippen LogP contribution in [-0.4, -0.2) is 67.2 Å². The molecule has 1 fully saturated rings. The van der Waals surface area contributed by atoms with Gasteiger partial charge in [0.1, 0.15) is 17.9 Å². The van der Waals surface area contributed by atoms with Crippen LogP contribution in [0.3, 0.4) is 0 Å². The van der Waals surface area contributed by atoms with Crippen molar-refractivity contribution in [1.82, 2.24) is 29.3 Å². The highest BCUT2D eigenvalue weighted by Gasteiger charge is 2.31. The number of alkyl halides is 2. The lowest BCUT2D eigenvalue weighted by Crippen LogP contribution is -2.40. The first-order valence-electron chi connectivity index (χ1n) is 14.5. The van der Waals surface area contributed by atoms with Crippen molar-refractivity contribution in [3.05, 3.63) is 81.4 Å². The van der Waals surface area contributed by atoms with Gasteiger partial charge in [0, 0.05) is 47.1 Å². The van der Waals surface area contributed by atoms with E-state index in [1.165, 1.54) is 21.1 Å². The highest BCUT2D eigenvalue weighted by molar-refractivity contribution is 7.13. The molecule has 3 atom stereocenters. The van der Waals surface area contributed by atoms with Gasteiger partial charge in [0.05, 0.1) is 41.2 Å². The van der Waals surface area contributed by atoms with Gasteiger partial charge in [0.2, 0.25) is 5.13 Å². The number of carbonyl (C=O) groups is 1. The highest BCUT2D eigenvalue weighted by Crippen LogP contribution is 2.40. The summed E-state index contributed by atoms with van der Waals surface area (Å²) in [6.45, 7) is 4.49. The van der Waals surface area contributed by atoms with Crippen LogP contribution in [0, 0.1) is 0 Å². The average molecular weight is 657 g/mol. The van der Waals surface area contributed by atoms with Crippen LogP contribution in [0.2, 0.25) is 10.0 Å². The molecule has 0 aliphatic carbocycles. The molecule has 0 radical (unpaired) electrons. The van der Waals surface area contributed by atoms with Gasteiger partial charge in [-0.1, -0.05) is 54.4 Å². The van der Waals surface area contributed by atoms with E-state index in [1.54, 1.807) is 34.7 Å². The molecule has 0 spiro atoms. The maximum atomic E-state index is 14.9. The number of likely N-dealkylation sites (tertiary alicyclic amines) is 1. The quantitative estimate of drug-likeness (QED) is 0.194. The monoisotopic (exact) mass is 655 g/mol. The Bertz CT molecular complexity index is 1820. The minimum Gasteiger partial charge on any atom is -0.331 e. The number of rotatable bonds is 7. The van der Waals surface area contributed by atoms with Crippen molar-refractivity contribution in [2.75, 3.05) is 24.6 Å². The molecule has 2 aliphatic heterocycles. The Labute approximate surface area is 266 Å². The van der Waals surface area contributed by atoms with Crippen molar-refractivity contribution in [2.24, 2.45) is 0 Å². The third-order valence-corrected chi connectivity index (χ3v) is 10.0. The number of hydrogen-bond acceptors (Lipinski definition) is 6. The lowest BCUT2D eigenvalue weighted by Gasteiger charge is -2.34. The molecule has 7 rings (SSSR count). The molecule has 0 bridgehead atoms. The third kappa shape index (κ3) is 5.29. The van der Waals surface area contributed by atoms with Crippen molar-refractivity contribution in [3.63, 3.8) is 0 Å². The summed E-state index contributed by atoms with van der Waals surface area (Å²) in [7, 11) is 0. The van der Waals surface area contributed by atoms with Gasteiger partial charge in [-0.3, -0.25) is 4.79 Å². The second-order valence-corrected chi connectivity index (χ2v) is 12.9. The Morgan fingerprint density at radius 3 is 2.70 bits per heavy atom. The SMILES string of the molecule is CCN1CC[C@H](c2ccc(-c3cc(Cl)c4cn(N(C(=O)Cc5ncn6c5C[C@@H](F)C6)c5nccs5)nc4c3Cl)cc2)[C@@H](F)C1. The Hall–Kier alpha value is -3.38. The first-order valence-corrected chi connectivity index (χ1v) is 16.2. The van der Waals surface area contributed by atoms with Crippen molar-refractivity contribution in [1.29, 1.82) is 0 Å². The van der Waals surface area contributed by atoms with Gasteiger partial charge in [-0.15, -0.1) is 16.4 Å². The summed E-state index contributed by atoms with van der Waals surface area (Å²) in [6, 6.07) is 9.57. The minimum absolute atomic E-state index is 0.0545. The van der Waals surface area contributed by atoms with Gasteiger partial charge in [-0.2, -0.15) is 9.80 Å². The molecule has 0 N–H and O–H groups in total. The molecule has 1 amide bonds. The Kier molecular flexibility index (Phi) is 7.90. The molecule has 0 saturated carbocycles. The van der Waals surface area contributed by atoms with E-state index in [-0.39, 0.29) is 31.2 Å². The number of halogens is 4. The van der Waals surface area contributed by atoms with Crippen LogP contribution in [0.5, 0.6) is 0 Å². The Balaban J connectivity index is 1.20. The van der Waals surface area contributed by atoms with E-state index in [0.29, 0.717) is 43.9 Å². The Morgan fingerprint density at radius 1 is 1.16 bits per heavy atom. The topological polar surface area (TPSA) is 72.1 Å². The van der Waals surface area contributed by atoms with E-state index in [4.69, 9.17) is 28.3 Å². The molecular formula is C31H29Cl2F2N7OS. The standard InChI is InChI=1S/C31H29Cl2F2N7OS/c1-2-39-9-7-21(25(35)16-39)18-3-5-19(6-4-18)22-12-24(32)23-15-41(38-30(23)29(22)33)42(31-36-8-10-44-31)28(43)13-26-27-11-20(34)14-40(27)17-37-26/h3-6,8,10,12,15,17,20-21,25H,2,7,9,11,13-14,16H2,1H3/t20-,21-,25+/m1/s1. The number of nitrogens with zero attached hydrogens (tertiary/aromatic N) is 7. The van der Waals surface area contributed by atoms with Crippen molar-refractivity contribution in [3.8, 4) is 11.1 Å². The largest absolute Gasteiger partial charge is 0.331 e. The number of aromatic nitrogens is 5. The fourth-order valence-electron chi connectivity index (χ4n) is 6.27. The van der Waals surface area contributed by atoms with Crippen molar-refractivity contribution in [2.45, 2.75) is 51.0 Å². The van der Waals surface area contributed by atoms with Crippen LogP contribution in [-0.2, 0) is 24.2 Å². The summed E-state index contributed by atoms with van der Waals surface area (Å²) in [5, 5.41) is 9.58. The van der Waals surface area contributed by atoms with Crippen LogP contribution in [0.25, 0.3) is 22.0 Å². The fourth-order valence-corrected chi connectivity index (χ4v) is 7.47. The molecule has 44 heavy (non-hydrogen) atoms. The van der Waals surface area contributed by atoms with Gasteiger partial charge < -0.3 is 9.47 Å². The second kappa shape index (κ2) is 11.8. The molecule has 13 heteroatoms. The summed E-state index contributed by atoms with van der Waals surface area (Å²) in [6.07, 6.45) is 3.88. The van der Waals surface area contributed by atoms with Crippen LogP contribution in [0.4, 0.5) is 13.9 Å². The van der Waals surface area contributed by atoms with E-state index >= 15 is 0 Å². The number of thiazole rings is 1. The zero-order valence-corrected chi connectivity index (χ0v) is 26.2. The molecule has 3 aromatic heterocycles. The fraction of sp³-hybridized carbons (Fsp3) is 0.355. The maximum Gasteiger partial charge on any atom is 0.255 e. The first-order chi connectivity index (χ1) is 21.3. The third-order valence-electron chi connectivity index (χ3n) is 8.60. The molecule has 2 aromatic carbocycles. The molecule has 1 saturated heterocycles. The molecule has 8 nitrogen and oxygen atoms in total. The van der Waals surface area contributed by atoms with E-state index < -0.39 is 12.3 Å². The van der Waals surface area contributed by atoms with Crippen molar-refractivity contribution >= 4 is 56.5 Å². The number of fused-ring (bicyclic) bond motifs is 2. The summed E-state index contributed by atoms with van der Waals surface area (Å²) in [4.78, 5) is 26.0. The van der Waals surface area contributed by atoms with Crippen LogP contribution >= 0.6 is 34.5 Å². The zero-order chi connectivity index (χ0) is 30.5. The summed E-state index contributed by atoms with van der Waals surface area (Å²) < 4.78 is 30.7. The molecule has 5 heterocycles. The zero-order valence-electron chi connectivity index (χ0n) is 23.8. The molecule has 5 aromatic rings. The Morgan fingerprint density at radius 2 is 1.98 bits per heavy atom. The van der Waals surface area contributed by atoms with Crippen LogP contribution < -0.4 is 5.01 Å². The predicted molar refractivity (Wildman–Crippen MR) is 169 cm³/mol. The number of piperidine rings is 1. The summed E-state index contributed by atoms with van der Waals surface area (Å²) in [5.74, 6) is -0.476. The van der Waals surface area contributed by atoms with Crippen LogP contribution in [0.1, 0.15) is 36.2 Å². The maximum absolute atomic E-state index is 14.9. The van der Waals surface area contributed by atoms with Gasteiger partial charge in [-0.05, 0) is 36.7 Å². The molecule has 2 aliphatic rings. The van der Waals surface area contributed by atoms with Gasteiger partial charge in [0.15, 0.2) is 0 Å². The smallest absolute Gasteiger partial charge is 0.255 e. The highest BCUT2D eigenvalue weighted by atomic mass is 35.5. The predicted octanol–water partition coefficient (Wildman–Crippen LogP) is 6.74.